The second kappa shape index (κ2) is 7.19. The highest BCUT2D eigenvalue weighted by molar-refractivity contribution is 6.29. The highest BCUT2D eigenvalue weighted by Crippen LogP contribution is 2.29. The summed E-state index contributed by atoms with van der Waals surface area (Å²) in [7, 11) is 1.56. The summed E-state index contributed by atoms with van der Waals surface area (Å²) in [5.74, 6) is -0.219. The molecule has 1 amide bonds. The zero-order valence-electron chi connectivity index (χ0n) is 11.9. The Balaban J connectivity index is 3.41. The first-order valence-corrected chi connectivity index (χ1v) is 6.77. The smallest absolute Gasteiger partial charge is 0.246 e. The van der Waals surface area contributed by atoms with E-state index in [1.54, 1.807) is 18.3 Å². The molecule has 0 bridgehead atoms. The lowest BCUT2D eigenvalue weighted by atomic mass is 10.0. The van der Waals surface area contributed by atoms with E-state index in [-0.39, 0.29) is 11.8 Å². The van der Waals surface area contributed by atoms with Crippen molar-refractivity contribution in [2.45, 2.75) is 27.2 Å². The van der Waals surface area contributed by atoms with Crippen LogP contribution in [0.4, 0.5) is 5.69 Å². The molecule has 0 spiro atoms. The van der Waals surface area contributed by atoms with Crippen LogP contribution in [0.3, 0.4) is 0 Å². The molecule has 0 N–H and O–H groups in total. The van der Waals surface area contributed by atoms with Gasteiger partial charge in [0, 0.05) is 0 Å². The van der Waals surface area contributed by atoms with Crippen LogP contribution in [-0.2, 0) is 16.0 Å². The largest absolute Gasteiger partial charge is 0.503 e. The van der Waals surface area contributed by atoms with Crippen LogP contribution in [-0.4, -0.2) is 18.9 Å². The number of carbonyl (C=O) groups excluding carboxylic acids is 1. The first kappa shape index (κ1) is 15.6. The molecule has 0 saturated heterocycles. The van der Waals surface area contributed by atoms with Gasteiger partial charge < -0.3 is 4.74 Å². The van der Waals surface area contributed by atoms with Crippen molar-refractivity contribution in [1.29, 1.82) is 0 Å². The van der Waals surface area contributed by atoms with E-state index in [0.29, 0.717) is 0 Å². The number of allylic oxidation sites excluding steroid dienone is 1. The maximum absolute atomic E-state index is 12.1. The molecular formula is C15H20ClNO2. The van der Waals surface area contributed by atoms with Crippen molar-refractivity contribution in [2.75, 3.05) is 17.9 Å². The van der Waals surface area contributed by atoms with Crippen molar-refractivity contribution < 1.29 is 9.53 Å². The Morgan fingerprint density at radius 1 is 1.47 bits per heavy atom. The standard InChI is InChI=1S/C15H20ClNO2/c1-5-13-8-6-7-11(2)15(13)17(14(18)9-16)12(3)10-19-4/h6-8,10H,5,9H2,1-4H3. The number of ether oxygens (including phenoxy) is 1. The molecule has 1 rings (SSSR count). The Labute approximate surface area is 119 Å². The average Bonchev–Trinajstić information content (AvgIpc) is 2.40. The number of alkyl halides is 1. The molecule has 0 aliphatic heterocycles. The van der Waals surface area contributed by atoms with Gasteiger partial charge in [-0.25, -0.2) is 0 Å². The molecule has 1 aromatic rings. The Kier molecular flexibility index (Phi) is 5.90. The molecule has 0 aliphatic rings. The molecule has 4 heteroatoms. The van der Waals surface area contributed by atoms with Gasteiger partial charge in [0.25, 0.3) is 0 Å². The maximum Gasteiger partial charge on any atom is 0.246 e. The summed E-state index contributed by atoms with van der Waals surface area (Å²) in [4.78, 5) is 13.8. The number of aryl methyl sites for hydroxylation is 2. The predicted molar refractivity (Wildman–Crippen MR) is 79.5 cm³/mol. The zero-order valence-corrected chi connectivity index (χ0v) is 12.6. The highest BCUT2D eigenvalue weighted by Gasteiger charge is 2.21. The third kappa shape index (κ3) is 3.51. The van der Waals surface area contributed by atoms with Crippen molar-refractivity contribution in [3.8, 4) is 0 Å². The number of benzene rings is 1. The van der Waals surface area contributed by atoms with Crippen LogP contribution in [0.25, 0.3) is 0 Å². The summed E-state index contributed by atoms with van der Waals surface area (Å²) in [5.41, 5.74) is 3.78. The number of nitrogens with zero attached hydrogens (tertiary/aromatic N) is 1. The van der Waals surface area contributed by atoms with E-state index in [2.05, 4.69) is 6.92 Å². The Hall–Kier alpha value is -1.48. The minimum absolute atomic E-state index is 0.0631. The predicted octanol–water partition coefficient (Wildman–Crippen LogP) is 3.64. The summed E-state index contributed by atoms with van der Waals surface area (Å²) in [5, 5.41) is 0. The zero-order chi connectivity index (χ0) is 14.4. The number of hydrogen-bond acceptors (Lipinski definition) is 2. The van der Waals surface area contributed by atoms with Gasteiger partial charge in [-0.3, -0.25) is 9.69 Å². The van der Waals surface area contributed by atoms with Gasteiger partial charge in [-0.15, -0.1) is 11.6 Å². The second-order valence-electron chi connectivity index (χ2n) is 4.29. The van der Waals surface area contributed by atoms with Crippen LogP contribution < -0.4 is 4.90 Å². The number of anilines is 1. The number of halogens is 1. The monoisotopic (exact) mass is 281 g/mol. The van der Waals surface area contributed by atoms with Crippen molar-refractivity contribution in [2.24, 2.45) is 0 Å². The van der Waals surface area contributed by atoms with Gasteiger partial charge in [0.2, 0.25) is 5.91 Å². The van der Waals surface area contributed by atoms with E-state index >= 15 is 0 Å². The average molecular weight is 282 g/mol. The molecule has 0 aromatic heterocycles. The summed E-state index contributed by atoms with van der Waals surface area (Å²) in [6.07, 6.45) is 2.40. The van der Waals surface area contributed by atoms with Crippen molar-refractivity contribution in [3.63, 3.8) is 0 Å². The van der Waals surface area contributed by atoms with Crippen LogP contribution >= 0.6 is 11.6 Å². The van der Waals surface area contributed by atoms with Crippen molar-refractivity contribution in [1.82, 2.24) is 0 Å². The number of hydrogen-bond donors (Lipinski definition) is 0. The Morgan fingerprint density at radius 2 is 2.16 bits per heavy atom. The van der Waals surface area contributed by atoms with Gasteiger partial charge in [-0.1, -0.05) is 25.1 Å². The molecule has 19 heavy (non-hydrogen) atoms. The van der Waals surface area contributed by atoms with Crippen LogP contribution in [0, 0.1) is 6.92 Å². The summed E-state index contributed by atoms with van der Waals surface area (Å²) in [6.45, 7) is 5.89. The quantitative estimate of drug-likeness (QED) is 0.609. The van der Waals surface area contributed by atoms with E-state index in [1.165, 1.54) is 0 Å². The molecule has 104 valence electrons. The molecule has 0 atom stereocenters. The molecule has 0 aliphatic carbocycles. The Morgan fingerprint density at radius 3 is 2.68 bits per heavy atom. The van der Waals surface area contributed by atoms with E-state index in [1.807, 2.05) is 32.0 Å². The van der Waals surface area contributed by atoms with Gasteiger partial charge in [0.15, 0.2) is 0 Å². The summed E-state index contributed by atoms with van der Waals surface area (Å²) < 4.78 is 5.02. The van der Waals surface area contributed by atoms with Crippen molar-refractivity contribution >= 4 is 23.2 Å². The lowest BCUT2D eigenvalue weighted by Gasteiger charge is -2.26. The number of methoxy groups -OCH3 is 1. The normalized spacial score (nSPS) is 11.3. The molecule has 0 radical (unpaired) electrons. The molecule has 0 saturated carbocycles. The second-order valence-corrected chi connectivity index (χ2v) is 4.56. The molecule has 0 unspecified atom stereocenters. The third-order valence-corrected chi connectivity index (χ3v) is 3.16. The summed E-state index contributed by atoms with van der Waals surface area (Å²) in [6, 6.07) is 6.01. The molecule has 0 fully saturated rings. The lowest BCUT2D eigenvalue weighted by Crippen LogP contribution is -2.31. The van der Waals surface area contributed by atoms with E-state index in [4.69, 9.17) is 16.3 Å². The Bertz CT molecular complexity index is 483. The number of carbonyl (C=O) groups is 1. The van der Waals surface area contributed by atoms with Gasteiger partial charge in [0.1, 0.15) is 12.1 Å². The SMILES string of the molecule is CCc1cccc(C)c1N(C(=O)CCl)C(C)=COC. The van der Waals surface area contributed by atoms with Gasteiger partial charge >= 0.3 is 0 Å². The first-order valence-electron chi connectivity index (χ1n) is 6.23. The van der Waals surface area contributed by atoms with Crippen LogP contribution in [0.15, 0.2) is 30.2 Å². The van der Waals surface area contributed by atoms with E-state index in [9.17, 15) is 4.79 Å². The summed E-state index contributed by atoms with van der Waals surface area (Å²) >= 11 is 5.73. The minimum Gasteiger partial charge on any atom is -0.503 e. The van der Waals surface area contributed by atoms with Gasteiger partial charge in [-0.2, -0.15) is 0 Å². The topological polar surface area (TPSA) is 29.5 Å². The van der Waals surface area contributed by atoms with Crippen molar-refractivity contribution in [3.05, 3.63) is 41.3 Å². The number of para-hydroxylation sites is 1. The molecule has 3 nitrogen and oxygen atoms in total. The van der Waals surface area contributed by atoms with Gasteiger partial charge in [0.05, 0.1) is 18.5 Å². The fourth-order valence-electron chi connectivity index (χ4n) is 2.11. The fraction of sp³-hybridized carbons (Fsp3) is 0.400. The first-order chi connectivity index (χ1) is 9.06. The molecule has 1 aromatic carbocycles. The maximum atomic E-state index is 12.1. The highest BCUT2D eigenvalue weighted by atomic mass is 35.5. The number of amides is 1. The van der Waals surface area contributed by atoms with Gasteiger partial charge in [-0.05, 0) is 31.4 Å². The van der Waals surface area contributed by atoms with Crippen LogP contribution in [0.2, 0.25) is 0 Å². The molecular weight excluding hydrogens is 262 g/mol. The molecule has 0 heterocycles. The minimum atomic E-state index is -0.156. The fourth-order valence-corrected chi connectivity index (χ4v) is 2.23. The van der Waals surface area contributed by atoms with E-state index in [0.717, 1.165) is 28.9 Å². The third-order valence-electron chi connectivity index (χ3n) is 2.93. The number of rotatable bonds is 5. The van der Waals surface area contributed by atoms with E-state index < -0.39 is 0 Å². The van der Waals surface area contributed by atoms with Crippen LogP contribution in [0.5, 0.6) is 0 Å². The lowest BCUT2D eigenvalue weighted by molar-refractivity contribution is -0.115. The van der Waals surface area contributed by atoms with Crippen LogP contribution in [0.1, 0.15) is 25.0 Å².